The number of aromatic amines is 1. The SMILES string of the molecule is Cc1ccc(NC(=O)c2sc(=O)[nH]c2C)nc1. The number of carbonyl (C=O) groups excluding carboxylic acids is 1. The fourth-order valence-electron chi connectivity index (χ4n) is 1.34. The lowest BCUT2D eigenvalue weighted by atomic mass is 10.3. The second-order valence-electron chi connectivity index (χ2n) is 3.64. The Bertz CT molecular complexity index is 598. The highest BCUT2D eigenvalue weighted by atomic mass is 32.1. The predicted octanol–water partition coefficient (Wildman–Crippen LogP) is 1.70. The first-order valence-electron chi connectivity index (χ1n) is 5.00. The number of aryl methyl sites for hydroxylation is 2. The van der Waals surface area contributed by atoms with Crippen molar-refractivity contribution in [1.82, 2.24) is 9.97 Å². The van der Waals surface area contributed by atoms with E-state index in [1.807, 2.05) is 13.0 Å². The van der Waals surface area contributed by atoms with Gasteiger partial charge in [-0.05, 0) is 25.5 Å². The number of hydrogen-bond acceptors (Lipinski definition) is 4. The number of H-pyrrole nitrogens is 1. The van der Waals surface area contributed by atoms with E-state index in [4.69, 9.17) is 0 Å². The van der Waals surface area contributed by atoms with Crippen LogP contribution in [-0.4, -0.2) is 15.9 Å². The monoisotopic (exact) mass is 249 g/mol. The number of nitrogens with zero attached hydrogens (tertiary/aromatic N) is 1. The zero-order chi connectivity index (χ0) is 12.4. The van der Waals surface area contributed by atoms with Crippen LogP contribution in [0.3, 0.4) is 0 Å². The molecule has 2 N–H and O–H groups in total. The first kappa shape index (κ1) is 11.5. The van der Waals surface area contributed by atoms with Gasteiger partial charge in [-0.25, -0.2) is 4.98 Å². The number of carbonyl (C=O) groups is 1. The zero-order valence-electron chi connectivity index (χ0n) is 9.40. The molecule has 6 heteroatoms. The highest BCUT2D eigenvalue weighted by molar-refractivity contribution is 7.11. The zero-order valence-corrected chi connectivity index (χ0v) is 10.2. The smallest absolute Gasteiger partial charge is 0.305 e. The van der Waals surface area contributed by atoms with Gasteiger partial charge in [0, 0.05) is 11.9 Å². The second kappa shape index (κ2) is 4.50. The van der Waals surface area contributed by atoms with E-state index in [1.54, 1.807) is 19.2 Å². The highest BCUT2D eigenvalue weighted by Gasteiger charge is 2.13. The summed E-state index contributed by atoms with van der Waals surface area (Å²) in [5.41, 5.74) is 1.59. The van der Waals surface area contributed by atoms with Gasteiger partial charge in [-0.3, -0.25) is 9.59 Å². The van der Waals surface area contributed by atoms with Gasteiger partial charge in [0.1, 0.15) is 10.7 Å². The van der Waals surface area contributed by atoms with Crippen LogP contribution in [0.15, 0.2) is 23.1 Å². The van der Waals surface area contributed by atoms with Crippen LogP contribution in [0.2, 0.25) is 0 Å². The molecule has 0 unspecified atom stereocenters. The number of anilines is 1. The molecule has 88 valence electrons. The highest BCUT2D eigenvalue weighted by Crippen LogP contribution is 2.11. The second-order valence-corrected chi connectivity index (χ2v) is 4.63. The number of rotatable bonds is 2. The van der Waals surface area contributed by atoms with Crippen molar-refractivity contribution in [1.29, 1.82) is 0 Å². The summed E-state index contributed by atoms with van der Waals surface area (Å²) in [5.74, 6) is 0.156. The maximum absolute atomic E-state index is 11.8. The largest absolute Gasteiger partial charge is 0.316 e. The molecule has 0 fully saturated rings. The Hall–Kier alpha value is -1.95. The Morgan fingerprint density at radius 3 is 2.71 bits per heavy atom. The van der Waals surface area contributed by atoms with Crippen LogP contribution in [0.5, 0.6) is 0 Å². The fraction of sp³-hybridized carbons (Fsp3) is 0.182. The van der Waals surface area contributed by atoms with E-state index in [-0.39, 0.29) is 10.8 Å². The summed E-state index contributed by atoms with van der Waals surface area (Å²) in [6, 6.07) is 3.58. The standard InChI is InChI=1S/C11H11N3O2S/c1-6-3-4-8(12-5-6)14-10(15)9-7(2)13-11(16)17-9/h3-5H,1-2H3,(H,13,16)(H,12,14,15). The molecule has 0 aromatic carbocycles. The van der Waals surface area contributed by atoms with Gasteiger partial charge in [0.15, 0.2) is 0 Å². The van der Waals surface area contributed by atoms with Gasteiger partial charge in [-0.15, -0.1) is 0 Å². The molecular formula is C11H11N3O2S. The predicted molar refractivity (Wildman–Crippen MR) is 66.6 cm³/mol. The summed E-state index contributed by atoms with van der Waals surface area (Å²) in [7, 11) is 0. The first-order chi connectivity index (χ1) is 8.06. The van der Waals surface area contributed by atoms with E-state index in [9.17, 15) is 9.59 Å². The molecule has 17 heavy (non-hydrogen) atoms. The molecule has 0 aliphatic carbocycles. The Balaban J connectivity index is 2.20. The molecule has 2 heterocycles. The molecule has 0 aliphatic heterocycles. The van der Waals surface area contributed by atoms with Crippen molar-refractivity contribution >= 4 is 23.1 Å². The molecule has 2 aromatic rings. The fourth-order valence-corrected chi connectivity index (χ4v) is 2.07. The molecule has 0 saturated heterocycles. The number of nitrogens with one attached hydrogen (secondary N) is 2. The lowest BCUT2D eigenvalue weighted by molar-refractivity contribution is 0.102. The van der Waals surface area contributed by atoms with Gasteiger partial charge in [-0.2, -0.15) is 0 Å². The number of amides is 1. The van der Waals surface area contributed by atoms with E-state index >= 15 is 0 Å². The van der Waals surface area contributed by atoms with Crippen molar-refractivity contribution in [3.8, 4) is 0 Å². The van der Waals surface area contributed by atoms with Gasteiger partial charge in [0.05, 0.1) is 0 Å². The summed E-state index contributed by atoms with van der Waals surface area (Å²) in [6.07, 6.45) is 1.67. The van der Waals surface area contributed by atoms with Crippen LogP contribution in [0, 0.1) is 13.8 Å². The summed E-state index contributed by atoms with van der Waals surface area (Å²) < 4.78 is 0. The number of hydrogen-bond donors (Lipinski definition) is 2. The molecule has 0 saturated carbocycles. The van der Waals surface area contributed by atoms with Crippen molar-refractivity contribution in [2.24, 2.45) is 0 Å². The molecule has 0 aliphatic rings. The quantitative estimate of drug-likeness (QED) is 0.850. The normalized spacial score (nSPS) is 10.2. The Labute approximate surface area is 102 Å². The summed E-state index contributed by atoms with van der Waals surface area (Å²) in [4.78, 5) is 29.7. The molecule has 2 aromatic heterocycles. The van der Waals surface area contributed by atoms with Crippen LogP contribution in [-0.2, 0) is 0 Å². The topological polar surface area (TPSA) is 74.8 Å². The van der Waals surface area contributed by atoms with Crippen molar-refractivity contribution < 1.29 is 4.79 Å². The van der Waals surface area contributed by atoms with Gasteiger partial charge >= 0.3 is 4.87 Å². The van der Waals surface area contributed by atoms with Gasteiger partial charge < -0.3 is 10.3 Å². The minimum Gasteiger partial charge on any atom is -0.316 e. The third kappa shape index (κ3) is 2.59. The molecular weight excluding hydrogens is 238 g/mol. The first-order valence-corrected chi connectivity index (χ1v) is 5.81. The average Bonchev–Trinajstić information content (AvgIpc) is 2.61. The van der Waals surface area contributed by atoms with E-state index in [0.29, 0.717) is 16.4 Å². The maximum atomic E-state index is 11.8. The Morgan fingerprint density at radius 2 is 2.18 bits per heavy atom. The Morgan fingerprint density at radius 1 is 1.41 bits per heavy atom. The van der Waals surface area contributed by atoms with Gasteiger partial charge in [-0.1, -0.05) is 17.4 Å². The Kier molecular flexibility index (Phi) is 3.06. The van der Waals surface area contributed by atoms with Crippen molar-refractivity contribution in [3.05, 3.63) is 44.1 Å². The third-order valence-electron chi connectivity index (χ3n) is 2.18. The van der Waals surface area contributed by atoms with Crippen molar-refractivity contribution in [3.63, 3.8) is 0 Å². The molecule has 2 rings (SSSR count). The third-order valence-corrected chi connectivity index (χ3v) is 3.17. The molecule has 0 atom stereocenters. The van der Waals surface area contributed by atoms with E-state index in [2.05, 4.69) is 15.3 Å². The molecule has 0 bridgehead atoms. The van der Waals surface area contributed by atoms with Crippen LogP contribution >= 0.6 is 11.3 Å². The minimum absolute atomic E-state index is 0.232. The maximum Gasteiger partial charge on any atom is 0.305 e. The van der Waals surface area contributed by atoms with E-state index < -0.39 is 0 Å². The number of thiazole rings is 1. The molecule has 1 amide bonds. The summed E-state index contributed by atoms with van der Waals surface area (Å²) >= 11 is 0.894. The average molecular weight is 249 g/mol. The molecule has 0 spiro atoms. The van der Waals surface area contributed by atoms with Crippen LogP contribution in [0.4, 0.5) is 5.82 Å². The van der Waals surface area contributed by atoms with Crippen molar-refractivity contribution in [2.45, 2.75) is 13.8 Å². The summed E-state index contributed by atoms with van der Waals surface area (Å²) in [5, 5.41) is 2.64. The molecule has 0 radical (unpaired) electrons. The van der Waals surface area contributed by atoms with Crippen LogP contribution in [0.25, 0.3) is 0 Å². The van der Waals surface area contributed by atoms with Crippen LogP contribution < -0.4 is 10.2 Å². The number of aromatic nitrogens is 2. The van der Waals surface area contributed by atoms with Gasteiger partial charge in [0.25, 0.3) is 5.91 Å². The number of pyridine rings is 1. The van der Waals surface area contributed by atoms with Crippen LogP contribution in [0.1, 0.15) is 20.9 Å². The van der Waals surface area contributed by atoms with E-state index in [0.717, 1.165) is 16.9 Å². The molecule has 5 nitrogen and oxygen atoms in total. The lowest BCUT2D eigenvalue weighted by Gasteiger charge is -2.02. The minimum atomic E-state index is -0.317. The lowest BCUT2D eigenvalue weighted by Crippen LogP contribution is -2.12. The van der Waals surface area contributed by atoms with Crippen molar-refractivity contribution in [2.75, 3.05) is 5.32 Å². The van der Waals surface area contributed by atoms with E-state index in [1.165, 1.54) is 0 Å². The summed E-state index contributed by atoms with van der Waals surface area (Å²) in [6.45, 7) is 3.61. The van der Waals surface area contributed by atoms with Gasteiger partial charge in [0.2, 0.25) is 0 Å².